The number of methoxy groups -OCH3 is 1. The number of carbonyl (C=O) groups is 1. The third kappa shape index (κ3) is 3.05. The van der Waals surface area contributed by atoms with E-state index in [4.69, 9.17) is 18.6 Å². The van der Waals surface area contributed by atoms with Gasteiger partial charge in [0, 0.05) is 19.6 Å². The summed E-state index contributed by atoms with van der Waals surface area (Å²) in [7, 11) is 1.45. The molecule has 24 heavy (non-hydrogen) atoms. The molecule has 3 rings (SSSR count). The molecule has 0 radical (unpaired) electrons. The Bertz CT molecular complexity index is 732. The highest BCUT2D eigenvalue weighted by Crippen LogP contribution is 2.45. The number of ether oxygens (including phenoxy) is 3. The molecule has 1 saturated heterocycles. The van der Waals surface area contributed by atoms with Crippen molar-refractivity contribution in [3.63, 3.8) is 0 Å². The Hall–Kier alpha value is -2.25. The zero-order chi connectivity index (χ0) is 17.1. The third-order valence-corrected chi connectivity index (χ3v) is 4.11. The highest BCUT2D eigenvalue weighted by molar-refractivity contribution is 6.08. The molecule has 0 aliphatic carbocycles. The van der Waals surface area contributed by atoms with E-state index in [1.54, 1.807) is 6.07 Å². The molecule has 0 saturated carbocycles. The number of hydrogen-bond acceptors (Lipinski definition) is 7. The molecule has 0 unspecified atom stereocenters. The van der Waals surface area contributed by atoms with Gasteiger partial charge in [0.15, 0.2) is 17.1 Å². The maximum atomic E-state index is 11.9. The molecule has 2 aromatic rings. The van der Waals surface area contributed by atoms with Crippen molar-refractivity contribution in [2.75, 3.05) is 46.6 Å². The zero-order valence-corrected chi connectivity index (χ0v) is 13.8. The van der Waals surface area contributed by atoms with Crippen LogP contribution in [0.3, 0.4) is 0 Å². The number of phenolic OH excluding ortho intramolecular Hbond substituents is 1. The molecule has 0 atom stereocenters. The summed E-state index contributed by atoms with van der Waals surface area (Å²) in [6.07, 6.45) is 1.48. The molecular weight excluding hydrogens is 314 g/mol. The summed E-state index contributed by atoms with van der Waals surface area (Å²) in [4.78, 5) is 14.2. The quantitative estimate of drug-likeness (QED) is 0.809. The normalized spacial score (nSPS) is 15.6. The van der Waals surface area contributed by atoms with E-state index in [-0.39, 0.29) is 22.8 Å². The van der Waals surface area contributed by atoms with E-state index in [0.29, 0.717) is 43.1 Å². The number of phenols is 1. The summed E-state index contributed by atoms with van der Waals surface area (Å²) < 4.78 is 21.8. The molecule has 1 aliphatic heterocycles. The van der Waals surface area contributed by atoms with Gasteiger partial charge in [-0.1, -0.05) is 0 Å². The Balaban J connectivity index is 1.87. The van der Waals surface area contributed by atoms with E-state index in [2.05, 4.69) is 4.90 Å². The van der Waals surface area contributed by atoms with Crippen molar-refractivity contribution in [3.8, 4) is 17.2 Å². The molecule has 0 amide bonds. The van der Waals surface area contributed by atoms with Crippen molar-refractivity contribution in [1.82, 2.24) is 4.90 Å². The second-order valence-corrected chi connectivity index (χ2v) is 5.61. The first kappa shape index (κ1) is 16.6. The van der Waals surface area contributed by atoms with Crippen LogP contribution in [0.2, 0.25) is 0 Å². The predicted octanol–water partition coefficient (Wildman–Crippen LogP) is 2.06. The van der Waals surface area contributed by atoms with Crippen LogP contribution in [-0.2, 0) is 4.74 Å². The average molecular weight is 335 g/mol. The van der Waals surface area contributed by atoms with Crippen molar-refractivity contribution in [2.24, 2.45) is 0 Å². The van der Waals surface area contributed by atoms with Crippen LogP contribution in [-0.4, -0.2) is 62.4 Å². The number of morpholine rings is 1. The van der Waals surface area contributed by atoms with Gasteiger partial charge in [0.25, 0.3) is 0 Å². The lowest BCUT2D eigenvalue weighted by Crippen LogP contribution is -2.38. The number of benzene rings is 1. The van der Waals surface area contributed by atoms with Crippen molar-refractivity contribution in [2.45, 2.75) is 6.92 Å². The van der Waals surface area contributed by atoms with Crippen LogP contribution < -0.4 is 9.47 Å². The van der Waals surface area contributed by atoms with Crippen molar-refractivity contribution < 1.29 is 28.5 Å². The Kier molecular flexibility index (Phi) is 4.92. The highest BCUT2D eigenvalue weighted by atomic mass is 16.5. The molecule has 0 bridgehead atoms. The number of ketones is 1. The van der Waals surface area contributed by atoms with Crippen LogP contribution in [0, 0.1) is 0 Å². The standard InChI is InChI=1S/C17H21NO6/c1-11(19)13-14(20)17(16-12(3-7-23-16)15(13)21-2)24-10-6-18-4-8-22-9-5-18/h3,7,20H,4-6,8-10H2,1-2H3. The SMILES string of the molecule is COc1c(C(C)=O)c(O)c(OCCN2CCOCC2)c2occc12. The molecule has 1 fully saturated rings. The van der Waals surface area contributed by atoms with Gasteiger partial charge in [-0.2, -0.15) is 0 Å². The maximum absolute atomic E-state index is 11.9. The lowest BCUT2D eigenvalue weighted by Gasteiger charge is -2.26. The molecule has 7 nitrogen and oxygen atoms in total. The number of rotatable bonds is 6. The number of furan rings is 1. The topological polar surface area (TPSA) is 81.4 Å². The molecule has 1 aromatic carbocycles. The van der Waals surface area contributed by atoms with E-state index in [9.17, 15) is 9.90 Å². The minimum absolute atomic E-state index is 0.104. The molecule has 7 heteroatoms. The first-order chi connectivity index (χ1) is 11.6. The molecular formula is C17H21NO6. The smallest absolute Gasteiger partial charge is 0.205 e. The lowest BCUT2D eigenvalue weighted by molar-refractivity contribution is 0.0321. The first-order valence-electron chi connectivity index (χ1n) is 7.87. The minimum atomic E-state index is -0.300. The van der Waals surface area contributed by atoms with Crippen LogP contribution in [0.5, 0.6) is 17.2 Å². The fraction of sp³-hybridized carbons (Fsp3) is 0.471. The maximum Gasteiger partial charge on any atom is 0.205 e. The predicted molar refractivity (Wildman–Crippen MR) is 87.2 cm³/mol. The summed E-state index contributed by atoms with van der Waals surface area (Å²) in [5, 5.41) is 11.1. The fourth-order valence-corrected chi connectivity index (χ4v) is 2.90. The van der Waals surface area contributed by atoms with Crippen molar-refractivity contribution >= 4 is 16.8 Å². The number of aromatic hydroxyl groups is 1. The van der Waals surface area contributed by atoms with Crippen LogP contribution in [0.15, 0.2) is 16.7 Å². The minimum Gasteiger partial charge on any atom is -0.504 e. The second-order valence-electron chi connectivity index (χ2n) is 5.61. The number of nitrogens with zero attached hydrogens (tertiary/aromatic N) is 1. The van der Waals surface area contributed by atoms with Crippen LogP contribution >= 0.6 is 0 Å². The van der Waals surface area contributed by atoms with Gasteiger partial charge < -0.3 is 23.7 Å². The first-order valence-corrected chi connectivity index (χ1v) is 7.87. The van der Waals surface area contributed by atoms with Gasteiger partial charge >= 0.3 is 0 Å². The fourth-order valence-electron chi connectivity index (χ4n) is 2.90. The van der Waals surface area contributed by atoms with E-state index >= 15 is 0 Å². The van der Waals surface area contributed by atoms with E-state index < -0.39 is 0 Å². The monoisotopic (exact) mass is 335 g/mol. The number of Topliss-reactive ketones (excluding diaryl/α,β-unsaturated/α-hetero) is 1. The summed E-state index contributed by atoms with van der Waals surface area (Å²) in [5.41, 5.74) is 0.476. The summed E-state index contributed by atoms with van der Waals surface area (Å²) >= 11 is 0. The average Bonchev–Trinajstić information content (AvgIpc) is 3.06. The number of carbonyl (C=O) groups excluding carboxylic acids is 1. The summed E-state index contributed by atoms with van der Waals surface area (Å²) in [6.45, 7) is 5.58. The molecule has 1 aromatic heterocycles. The second kappa shape index (κ2) is 7.11. The van der Waals surface area contributed by atoms with Gasteiger partial charge in [-0.15, -0.1) is 0 Å². The van der Waals surface area contributed by atoms with Gasteiger partial charge in [0.1, 0.15) is 17.9 Å². The number of fused-ring (bicyclic) bond motifs is 1. The van der Waals surface area contributed by atoms with Gasteiger partial charge in [-0.05, 0) is 13.0 Å². The number of hydrogen-bond donors (Lipinski definition) is 1. The van der Waals surface area contributed by atoms with E-state index in [0.717, 1.165) is 13.1 Å². The van der Waals surface area contributed by atoms with Crippen LogP contribution in [0.4, 0.5) is 0 Å². The Morgan fingerprint density at radius 2 is 2.08 bits per heavy atom. The lowest BCUT2D eigenvalue weighted by atomic mass is 10.1. The van der Waals surface area contributed by atoms with Crippen LogP contribution in [0.1, 0.15) is 17.3 Å². The van der Waals surface area contributed by atoms with E-state index in [1.165, 1.54) is 20.3 Å². The third-order valence-electron chi connectivity index (χ3n) is 4.11. The van der Waals surface area contributed by atoms with Gasteiger partial charge in [-0.25, -0.2) is 0 Å². The Morgan fingerprint density at radius 1 is 1.33 bits per heavy atom. The largest absolute Gasteiger partial charge is 0.504 e. The van der Waals surface area contributed by atoms with Crippen molar-refractivity contribution in [3.05, 3.63) is 17.9 Å². The van der Waals surface area contributed by atoms with Gasteiger partial charge in [0.2, 0.25) is 5.75 Å². The molecule has 1 aliphatic rings. The summed E-state index contributed by atoms with van der Waals surface area (Å²) in [6, 6.07) is 1.69. The van der Waals surface area contributed by atoms with Gasteiger partial charge in [-0.3, -0.25) is 9.69 Å². The summed E-state index contributed by atoms with van der Waals surface area (Å²) in [5.74, 6) is -0.0761. The Labute approximate surface area is 139 Å². The highest BCUT2D eigenvalue weighted by Gasteiger charge is 2.26. The van der Waals surface area contributed by atoms with Crippen molar-refractivity contribution in [1.29, 1.82) is 0 Å². The molecule has 1 N–H and O–H groups in total. The molecule has 130 valence electrons. The zero-order valence-electron chi connectivity index (χ0n) is 13.8. The van der Waals surface area contributed by atoms with Crippen LogP contribution in [0.25, 0.3) is 11.0 Å². The molecule has 2 heterocycles. The molecule has 0 spiro atoms. The van der Waals surface area contributed by atoms with Gasteiger partial charge in [0.05, 0.1) is 32.0 Å². The van der Waals surface area contributed by atoms with E-state index in [1.807, 2.05) is 0 Å². The Morgan fingerprint density at radius 3 is 2.75 bits per heavy atom.